The largest absolute Gasteiger partial charge is 0.481 e. The van der Waals surface area contributed by atoms with E-state index in [4.69, 9.17) is 16.9 Å². The maximum atomic E-state index is 5.43. The van der Waals surface area contributed by atoms with Gasteiger partial charge in [0.2, 0.25) is 0 Å². The van der Waals surface area contributed by atoms with Crippen LogP contribution in [-0.4, -0.2) is 6.61 Å². The van der Waals surface area contributed by atoms with Gasteiger partial charge in [-0.3, -0.25) is 0 Å². The molecule has 0 spiro atoms. The summed E-state index contributed by atoms with van der Waals surface area (Å²) in [6.07, 6.45) is 5.04. The molecule has 1 aromatic rings. The van der Waals surface area contributed by atoms with Crippen molar-refractivity contribution in [2.75, 3.05) is 6.61 Å². The average molecular weight is 161 g/mol. The summed E-state index contributed by atoms with van der Waals surface area (Å²) in [6.45, 7) is 0.859. The fraction of sp³-hybridized carbons (Fsp3) is 0.200. The van der Waals surface area contributed by atoms with E-state index in [1.807, 2.05) is 24.3 Å². The third-order valence-corrected chi connectivity index (χ3v) is 1.48. The highest BCUT2D eigenvalue weighted by molar-refractivity contribution is 5.27. The third kappa shape index (κ3) is 2.30. The topological polar surface area (TPSA) is 35.2 Å². The van der Waals surface area contributed by atoms with Crippen molar-refractivity contribution in [2.24, 2.45) is 5.73 Å². The van der Waals surface area contributed by atoms with Crippen molar-refractivity contribution >= 4 is 0 Å². The number of benzene rings is 1. The van der Waals surface area contributed by atoms with E-state index in [0.29, 0.717) is 13.2 Å². The molecule has 0 aliphatic carbocycles. The summed E-state index contributed by atoms with van der Waals surface area (Å²) < 4.78 is 5.18. The molecule has 12 heavy (non-hydrogen) atoms. The molecule has 0 saturated carbocycles. The number of rotatable bonds is 3. The van der Waals surface area contributed by atoms with E-state index < -0.39 is 0 Å². The molecular formula is C10H11NO. The molecule has 0 aliphatic rings. The first-order valence-corrected chi connectivity index (χ1v) is 3.72. The SMILES string of the molecule is C#CCOc1ccc(CN)cc1. The van der Waals surface area contributed by atoms with Gasteiger partial charge in [-0.15, -0.1) is 6.42 Å². The summed E-state index contributed by atoms with van der Waals surface area (Å²) in [5.74, 6) is 3.18. The minimum atomic E-state index is 0.308. The van der Waals surface area contributed by atoms with Crippen LogP contribution >= 0.6 is 0 Å². The molecule has 0 aromatic heterocycles. The Balaban J connectivity index is 2.60. The van der Waals surface area contributed by atoms with Gasteiger partial charge in [0, 0.05) is 6.54 Å². The predicted octanol–water partition coefficient (Wildman–Crippen LogP) is 1.16. The van der Waals surface area contributed by atoms with Crippen LogP contribution in [0.2, 0.25) is 0 Å². The zero-order valence-electron chi connectivity index (χ0n) is 6.79. The summed E-state index contributed by atoms with van der Waals surface area (Å²) in [5, 5.41) is 0. The highest BCUT2D eigenvalue weighted by Crippen LogP contribution is 2.11. The maximum absolute atomic E-state index is 5.43. The van der Waals surface area contributed by atoms with Crippen LogP contribution in [-0.2, 0) is 6.54 Å². The van der Waals surface area contributed by atoms with Crippen LogP contribution in [0.15, 0.2) is 24.3 Å². The molecule has 1 rings (SSSR count). The number of ether oxygens (including phenoxy) is 1. The van der Waals surface area contributed by atoms with E-state index in [2.05, 4.69) is 5.92 Å². The van der Waals surface area contributed by atoms with Crippen LogP contribution in [0.3, 0.4) is 0 Å². The second kappa shape index (κ2) is 4.42. The smallest absolute Gasteiger partial charge is 0.148 e. The number of hydrogen-bond donors (Lipinski definition) is 1. The number of terminal acetylenes is 1. The Labute approximate surface area is 72.3 Å². The molecule has 0 aliphatic heterocycles. The molecule has 2 heteroatoms. The van der Waals surface area contributed by atoms with Gasteiger partial charge >= 0.3 is 0 Å². The number of nitrogens with two attached hydrogens (primary N) is 1. The zero-order valence-corrected chi connectivity index (χ0v) is 6.79. The van der Waals surface area contributed by atoms with E-state index in [1.54, 1.807) is 0 Å². The van der Waals surface area contributed by atoms with Crippen LogP contribution in [0.4, 0.5) is 0 Å². The van der Waals surface area contributed by atoms with Gasteiger partial charge in [-0.25, -0.2) is 0 Å². The van der Waals surface area contributed by atoms with Crippen molar-refractivity contribution in [3.8, 4) is 18.1 Å². The van der Waals surface area contributed by atoms with Crippen molar-refractivity contribution < 1.29 is 4.74 Å². The van der Waals surface area contributed by atoms with Gasteiger partial charge in [-0.05, 0) is 17.7 Å². The first-order chi connectivity index (χ1) is 5.86. The lowest BCUT2D eigenvalue weighted by molar-refractivity contribution is 0.370. The van der Waals surface area contributed by atoms with Crippen LogP contribution in [0.1, 0.15) is 5.56 Å². The molecule has 1 aromatic carbocycles. The van der Waals surface area contributed by atoms with Crippen LogP contribution < -0.4 is 10.5 Å². The average Bonchev–Trinajstić information content (AvgIpc) is 2.15. The van der Waals surface area contributed by atoms with Crippen LogP contribution in [0.5, 0.6) is 5.75 Å². The standard InChI is InChI=1S/C10H11NO/c1-2-7-12-10-5-3-9(8-11)4-6-10/h1,3-6H,7-8,11H2. The molecule has 2 nitrogen and oxygen atoms in total. The Hall–Kier alpha value is -1.46. The van der Waals surface area contributed by atoms with Crippen LogP contribution in [0.25, 0.3) is 0 Å². The van der Waals surface area contributed by atoms with E-state index in [0.717, 1.165) is 11.3 Å². The van der Waals surface area contributed by atoms with Gasteiger partial charge in [-0.1, -0.05) is 18.1 Å². The summed E-state index contributed by atoms with van der Waals surface area (Å²) in [4.78, 5) is 0. The molecule has 0 fully saturated rings. The van der Waals surface area contributed by atoms with E-state index in [1.165, 1.54) is 0 Å². The van der Waals surface area contributed by atoms with Crippen molar-refractivity contribution in [2.45, 2.75) is 6.54 Å². The van der Waals surface area contributed by atoms with Gasteiger partial charge in [0.25, 0.3) is 0 Å². The van der Waals surface area contributed by atoms with E-state index in [-0.39, 0.29) is 0 Å². The summed E-state index contributed by atoms with van der Waals surface area (Å²) in [7, 11) is 0. The quantitative estimate of drug-likeness (QED) is 0.675. The lowest BCUT2D eigenvalue weighted by Gasteiger charge is -2.02. The normalized spacial score (nSPS) is 9.00. The summed E-state index contributed by atoms with van der Waals surface area (Å²) in [6, 6.07) is 7.57. The molecule has 0 bridgehead atoms. The Morgan fingerprint density at radius 1 is 1.33 bits per heavy atom. The molecule has 0 radical (unpaired) electrons. The Kier molecular flexibility index (Phi) is 3.18. The molecule has 0 heterocycles. The monoisotopic (exact) mass is 161 g/mol. The fourth-order valence-electron chi connectivity index (χ4n) is 0.847. The van der Waals surface area contributed by atoms with Crippen molar-refractivity contribution in [1.29, 1.82) is 0 Å². The molecule has 62 valence electrons. The second-order valence-corrected chi connectivity index (χ2v) is 2.34. The summed E-state index contributed by atoms with van der Waals surface area (Å²) >= 11 is 0. The Bertz CT molecular complexity index is 271. The minimum Gasteiger partial charge on any atom is -0.481 e. The maximum Gasteiger partial charge on any atom is 0.148 e. The first kappa shape index (κ1) is 8.63. The highest BCUT2D eigenvalue weighted by Gasteiger charge is 1.91. The molecule has 0 unspecified atom stereocenters. The second-order valence-electron chi connectivity index (χ2n) is 2.34. The van der Waals surface area contributed by atoms with Crippen LogP contribution in [0, 0.1) is 12.3 Å². The third-order valence-electron chi connectivity index (χ3n) is 1.48. The lowest BCUT2D eigenvalue weighted by Crippen LogP contribution is -1.97. The van der Waals surface area contributed by atoms with Crippen molar-refractivity contribution in [3.63, 3.8) is 0 Å². The number of hydrogen-bond acceptors (Lipinski definition) is 2. The lowest BCUT2D eigenvalue weighted by atomic mass is 10.2. The Morgan fingerprint density at radius 2 is 2.00 bits per heavy atom. The molecule has 0 atom stereocenters. The van der Waals surface area contributed by atoms with Gasteiger partial charge < -0.3 is 10.5 Å². The molecule has 0 amide bonds. The minimum absolute atomic E-state index is 0.308. The first-order valence-electron chi connectivity index (χ1n) is 3.72. The van der Waals surface area contributed by atoms with Gasteiger partial charge in [0.05, 0.1) is 0 Å². The fourth-order valence-corrected chi connectivity index (χ4v) is 0.847. The summed E-state index contributed by atoms with van der Waals surface area (Å²) in [5.41, 5.74) is 6.51. The zero-order chi connectivity index (χ0) is 8.81. The Morgan fingerprint density at radius 3 is 2.50 bits per heavy atom. The molecular weight excluding hydrogens is 150 g/mol. The van der Waals surface area contributed by atoms with Crippen molar-refractivity contribution in [1.82, 2.24) is 0 Å². The van der Waals surface area contributed by atoms with Gasteiger partial charge in [0.1, 0.15) is 12.4 Å². The van der Waals surface area contributed by atoms with Gasteiger partial charge in [0.15, 0.2) is 0 Å². The van der Waals surface area contributed by atoms with E-state index >= 15 is 0 Å². The van der Waals surface area contributed by atoms with E-state index in [9.17, 15) is 0 Å². The highest BCUT2D eigenvalue weighted by atomic mass is 16.5. The predicted molar refractivity (Wildman–Crippen MR) is 48.7 cm³/mol. The van der Waals surface area contributed by atoms with Crippen molar-refractivity contribution in [3.05, 3.63) is 29.8 Å². The molecule has 0 saturated heterocycles. The molecule has 2 N–H and O–H groups in total. The van der Waals surface area contributed by atoms with Gasteiger partial charge in [-0.2, -0.15) is 0 Å².